The normalized spacial score (nSPS) is 10.0. The summed E-state index contributed by atoms with van der Waals surface area (Å²) >= 11 is 0. The average molecular weight is 257 g/mol. The van der Waals surface area contributed by atoms with E-state index in [1.807, 2.05) is 18.2 Å². The Morgan fingerprint density at radius 2 is 2.11 bits per heavy atom. The van der Waals surface area contributed by atoms with Gasteiger partial charge in [-0.15, -0.1) is 0 Å². The fraction of sp³-hybridized carbons (Fsp3) is 0.143. The number of nitrogens with two attached hydrogens (primary N) is 1. The van der Waals surface area contributed by atoms with Gasteiger partial charge in [-0.2, -0.15) is 0 Å². The smallest absolute Gasteiger partial charge is 0.276 e. The van der Waals surface area contributed by atoms with Crippen molar-refractivity contribution in [2.24, 2.45) is 0 Å². The van der Waals surface area contributed by atoms with Gasteiger partial charge in [0.25, 0.3) is 5.91 Å². The Hall–Kier alpha value is -2.56. The van der Waals surface area contributed by atoms with Gasteiger partial charge in [0, 0.05) is 30.7 Å². The average Bonchev–Trinajstić information content (AvgIpc) is 2.45. The van der Waals surface area contributed by atoms with Crippen LogP contribution < -0.4 is 15.4 Å². The van der Waals surface area contributed by atoms with Crippen LogP contribution >= 0.6 is 0 Å². The van der Waals surface area contributed by atoms with Crippen LogP contribution in [0.1, 0.15) is 10.5 Å². The van der Waals surface area contributed by atoms with Crippen LogP contribution in [0.25, 0.3) is 0 Å². The lowest BCUT2D eigenvalue weighted by atomic mass is 10.2. The van der Waals surface area contributed by atoms with Crippen LogP contribution in [0.4, 0.5) is 11.4 Å². The number of methoxy groups -OCH3 is 1. The molecular formula is C14H15N3O2. The predicted molar refractivity (Wildman–Crippen MR) is 74.4 cm³/mol. The second kappa shape index (κ2) is 5.39. The molecule has 2 aromatic rings. The first-order chi connectivity index (χ1) is 9.11. The Morgan fingerprint density at radius 1 is 1.32 bits per heavy atom. The summed E-state index contributed by atoms with van der Waals surface area (Å²) in [6.07, 6.45) is 1.52. The maximum Gasteiger partial charge on any atom is 0.276 e. The number of pyridine rings is 1. The number of ether oxygens (including phenoxy) is 1. The molecular weight excluding hydrogens is 242 g/mol. The van der Waals surface area contributed by atoms with E-state index >= 15 is 0 Å². The van der Waals surface area contributed by atoms with E-state index in [9.17, 15) is 4.79 Å². The molecule has 5 heteroatoms. The van der Waals surface area contributed by atoms with Gasteiger partial charge >= 0.3 is 0 Å². The standard InChI is InChI=1S/C14H15N3O2/c1-17(11-4-3-5-12(9-11)19-2)14(18)13-8-10(15)6-7-16-13/h3-9H,1-2H3,(H2,15,16). The highest BCUT2D eigenvalue weighted by Crippen LogP contribution is 2.21. The molecule has 0 saturated carbocycles. The number of benzene rings is 1. The Balaban J connectivity index is 2.28. The summed E-state index contributed by atoms with van der Waals surface area (Å²) in [4.78, 5) is 17.8. The van der Waals surface area contributed by atoms with Gasteiger partial charge in [0.1, 0.15) is 11.4 Å². The fourth-order valence-electron chi connectivity index (χ4n) is 1.67. The maximum absolute atomic E-state index is 12.3. The second-order valence-corrected chi connectivity index (χ2v) is 4.04. The van der Waals surface area contributed by atoms with Gasteiger partial charge < -0.3 is 15.4 Å². The minimum absolute atomic E-state index is 0.222. The first kappa shape index (κ1) is 12.9. The van der Waals surface area contributed by atoms with E-state index in [0.717, 1.165) is 5.69 Å². The lowest BCUT2D eigenvalue weighted by Gasteiger charge is -2.17. The number of rotatable bonds is 3. The largest absolute Gasteiger partial charge is 0.497 e. The fourth-order valence-corrected chi connectivity index (χ4v) is 1.67. The predicted octanol–water partition coefficient (Wildman–Crippen LogP) is 1.95. The third-order valence-corrected chi connectivity index (χ3v) is 2.75. The van der Waals surface area contributed by atoms with E-state index in [0.29, 0.717) is 17.1 Å². The van der Waals surface area contributed by atoms with E-state index < -0.39 is 0 Å². The van der Waals surface area contributed by atoms with Gasteiger partial charge in [0.05, 0.1) is 7.11 Å². The molecule has 19 heavy (non-hydrogen) atoms. The molecule has 1 heterocycles. The lowest BCUT2D eigenvalue weighted by Crippen LogP contribution is -2.27. The third-order valence-electron chi connectivity index (χ3n) is 2.75. The van der Waals surface area contributed by atoms with Crippen LogP contribution in [0.5, 0.6) is 5.75 Å². The van der Waals surface area contributed by atoms with Gasteiger partial charge in [0.2, 0.25) is 0 Å². The summed E-state index contributed by atoms with van der Waals surface area (Å²) in [5.74, 6) is 0.471. The molecule has 0 atom stereocenters. The topological polar surface area (TPSA) is 68.5 Å². The molecule has 2 N–H and O–H groups in total. The highest BCUT2D eigenvalue weighted by atomic mass is 16.5. The summed E-state index contributed by atoms with van der Waals surface area (Å²) in [6.45, 7) is 0. The maximum atomic E-state index is 12.3. The molecule has 0 radical (unpaired) electrons. The van der Waals surface area contributed by atoms with Gasteiger partial charge in [-0.3, -0.25) is 9.78 Å². The number of anilines is 2. The summed E-state index contributed by atoms with van der Waals surface area (Å²) < 4.78 is 5.14. The van der Waals surface area contributed by atoms with Crippen molar-refractivity contribution in [3.05, 3.63) is 48.3 Å². The van der Waals surface area contributed by atoms with Crippen LogP contribution in [0.15, 0.2) is 42.6 Å². The van der Waals surface area contributed by atoms with Gasteiger partial charge in [0.15, 0.2) is 0 Å². The zero-order valence-electron chi connectivity index (χ0n) is 10.8. The molecule has 5 nitrogen and oxygen atoms in total. The summed E-state index contributed by atoms with van der Waals surface area (Å²) in [7, 11) is 3.27. The number of hydrogen-bond acceptors (Lipinski definition) is 4. The van der Waals surface area contributed by atoms with E-state index in [4.69, 9.17) is 10.5 Å². The first-order valence-electron chi connectivity index (χ1n) is 5.75. The second-order valence-electron chi connectivity index (χ2n) is 4.04. The Labute approximate surface area is 111 Å². The van der Waals surface area contributed by atoms with E-state index in [1.54, 1.807) is 32.4 Å². The minimum Gasteiger partial charge on any atom is -0.497 e. The van der Waals surface area contributed by atoms with Crippen LogP contribution in [-0.2, 0) is 0 Å². The zero-order chi connectivity index (χ0) is 13.8. The molecule has 0 spiro atoms. The van der Waals surface area contributed by atoms with Crippen molar-refractivity contribution in [2.45, 2.75) is 0 Å². The molecule has 0 fully saturated rings. The molecule has 1 amide bonds. The lowest BCUT2D eigenvalue weighted by molar-refractivity contribution is 0.0988. The number of hydrogen-bond donors (Lipinski definition) is 1. The van der Waals surface area contributed by atoms with Crippen molar-refractivity contribution < 1.29 is 9.53 Å². The van der Waals surface area contributed by atoms with Crippen molar-refractivity contribution in [2.75, 3.05) is 24.8 Å². The van der Waals surface area contributed by atoms with Crippen molar-refractivity contribution in [3.63, 3.8) is 0 Å². The van der Waals surface area contributed by atoms with Crippen LogP contribution in [0.2, 0.25) is 0 Å². The molecule has 0 aliphatic heterocycles. The quantitative estimate of drug-likeness (QED) is 0.912. The molecule has 1 aromatic carbocycles. The summed E-state index contributed by atoms with van der Waals surface area (Å²) in [6, 6.07) is 10.4. The molecule has 0 saturated heterocycles. The molecule has 0 bridgehead atoms. The van der Waals surface area contributed by atoms with Gasteiger partial charge in [-0.05, 0) is 24.3 Å². The summed E-state index contributed by atoms with van der Waals surface area (Å²) in [5.41, 5.74) is 7.20. The highest BCUT2D eigenvalue weighted by Gasteiger charge is 2.15. The molecule has 98 valence electrons. The monoisotopic (exact) mass is 257 g/mol. The number of aromatic nitrogens is 1. The van der Waals surface area contributed by atoms with Crippen LogP contribution in [-0.4, -0.2) is 25.0 Å². The van der Waals surface area contributed by atoms with Crippen molar-refractivity contribution in [1.82, 2.24) is 4.98 Å². The first-order valence-corrected chi connectivity index (χ1v) is 5.75. The highest BCUT2D eigenvalue weighted by molar-refractivity contribution is 6.04. The minimum atomic E-state index is -0.222. The third kappa shape index (κ3) is 2.82. The van der Waals surface area contributed by atoms with E-state index in [1.165, 1.54) is 11.1 Å². The molecule has 2 rings (SSSR count). The van der Waals surface area contributed by atoms with E-state index in [2.05, 4.69) is 4.98 Å². The molecule has 0 unspecified atom stereocenters. The van der Waals surface area contributed by atoms with E-state index in [-0.39, 0.29) is 5.91 Å². The van der Waals surface area contributed by atoms with Crippen LogP contribution in [0, 0.1) is 0 Å². The number of carbonyl (C=O) groups is 1. The van der Waals surface area contributed by atoms with Gasteiger partial charge in [-0.1, -0.05) is 6.07 Å². The SMILES string of the molecule is COc1cccc(N(C)C(=O)c2cc(N)ccn2)c1. The zero-order valence-corrected chi connectivity index (χ0v) is 10.8. The summed E-state index contributed by atoms with van der Waals surface area (Å²) in [5, 5.41) is 0. The Kier molecular flexibility index (Phi) is 3.66. The van der Waals surface area contributed by atoms with Crippen molar-refractivity contribution in [1.29, 1.82) is 0 Å². The number of amides is 1. The van der Waals surface area contributed by atoms with Crippen molar-refractivity contribution >= 4 is 17.3 Å². The number of nitrogen functional groups attached to an aromatic ring is 1. The molecule has 0 aliphatic carbocycles. The van der Waals surface area contributed by atoms with Crippen molar-refractivity contribution in [3.8, 4) is 5.75 Å². The Bertz CT molecular complexity index is 599. The van der Waals surface area contributed by atoms with Gasteiger partial charge in [-0.25, -0.2) is 0 Å². The number of nitrogens with zero attached hydrogens (tertiary/aromatic N) is 2. The number of carbonyl (C=O) groups excluding carboxylic acids is 1. The molecule has 0 aliphatic rings. The molecule has 1 aromatic heterocycles. The Morgan fingerprint density at radius 3 is 2.79 bits per heavy atom. The van der Waals surface area contributed by atoms with Crippen LogP contribution in [0.3, 0.4) is 0 Å².